The number of benzene rings is 18. The Labute approximate surface area is 490 Å². The molecule has 2 spiro atoms. The molecule has 4 aliphatic carbocycles. The van der Waals surface area contributed by atoms with Gasteiger partial charge in [-0.25, -0.2) is 0 Å². The van der Waals surface area contributed by atoms with Crippen LogP contribution in [0, 0.1) is 0 Å². The minimum absolute atomic E-state index is 0. The van der Waals surface area contributed by atoms with Crippen molar-refractivity contribution in [3.05, 3.63) is 22.3 Å². The molecule has 2 atom stereocenters. The summed E-state index contributed by atoms with van der Waals surface area (Å²) in [6.07, 6.45) is 0. The third kappa shape index (κ3) is 2.55. The lowest BCUT2D eigenvalue weighted by Crippen LogP contribution is -3.00. The SMILES string of the molecule is COCCOCCOCC1C23c4c5c6c7c8c9c(c%10c%11c2c2c4c4c%12c5c5c6c6c8c8c%13c9c9c%10c%10c%11c%11c2c2c4c4c%12c%12c5c5c6c8c6c8c%13c9c9c%10c%10c%11c2c2c4c4c%12c5c6c5c8c9c%10c2c45)C73C[N+]1(C)CCOCCOCC[NH3+].[Cl-].[I-]. The van der Waals surface area contributed by atoms with Crippen molar-refractivity contribution in [3.8, 4) is 0 Å². The number of halogens is 2. The number of nitrogens with zero attached hydrogens (tertiary/aromatic N) is 1. The Morgan fingerprint density at radius 3 is 0.821 bits per heavy atom. The number of methoxy groups -OCH3 is 1. The molecule has 0 aromatic heterocycles. The molecule has 0 bridgehead atoms. The van der Waals surface area contributed by atoms with Crippen LogP contribution in [0.15, 0.2) is 0 Å². The second-order valence-corrected chi connectivity index (χ2v) is 29.1. The lowest BCUT2D eigenvalue weighted by atomic mass is 9.48. The Morgan fingerprint density at radius 1 is 0.321 bits per heavy atom. The van der Waals surface area contributed by atoms with Crippen LogP contribution < -0.4 is 42.1 Å². The van der Waals surface area contributed by atoms with Crippen LogP contribution in [0.25, 0.3) is 291 Å². The highest BCUT2D eigenvalue weighted by Gasteiger charge is 2.80. The van der Waals surface area contributed by atoms with Gasteiger partial charge in [-0.2, -0.15) is 0 Å². The average Bonchev–Trinajstić information content (AvgIpc) is 1.38. The van der Waals surface area contributed by atoms with Gasteiger partial charge in [0.1, 0.15) is 12.6 Å². The summed E-state index contributed by atoms with van der Waals surface area (Å²) in [7, 11) is 4.44. The molecule has 7 nitrogen and oxygen atoms in total. The van der Waals surface area contributed by atoms with Crippen molar-refractivity contribution in [1.29, 1.82) is 0 Å². The van der Waals surface area contributed by atoms with Crippen LogP contribution in [-0.2, 0) is 34.5 Å². The normalized spacial score (nSPS) is 23.2. The Hall–Kier alpha value is -6.80. The average molecular weight is 1210 g/mol. The molecule has 1 fully saturated rings. The van der Waals surface area contributed by atoms with Gasteiger partial charge in [0.15, 0.2) is 0 Å². The van der Waals surface area contributed by atoms with E-state index in [0.717, 1.165) is 24.1 Å². The van der Waals surface area contributed by atoms with Gasteiger partial charge in [0.05, 0.1) is 90.4 Å². The molecule has 9 heteroatoms. The van der Waals surface area contributed by atoms with Crippen molar-refractivity contribution in [2.45, 2.75) is 16.9 Å². The highest BCUT2D eigenvalue weighted by molar-refractivity contribution is 6.82. The first-order chi connectivity index (χ1) is 40.7. The molecule has 2 unspecified atom stereocenters. The monoisotopic (exact) mass is 1200 g/mol. The number of likely N-dealkylation sites (tertiary alicyclic amines) is 1. The lowest BCUT2D eigenvalue weighted by molar-refractivity contribution is -0.924. The molecule has 3 N–H and O–H groups in total. The predicted molar refractivity (Wildman–Crippen MR) is 336 cm³/mol. The van der Waals surface area contributed by atoms with Crippen molar-refractivity contribution in [3.63, 3.8) is 0 Å². The molecule has 0 radical (unpaired) electrons. The second kappa shape index (κ2) is 10.2. The molecule has 33 rings (SSSR count). The highest BCUT2D eigenvalue weighted by atomic mass is 127. The number of hydrogen-bond acceptors (Lipinski definition) is 5. The zero-order valence-electron chi connectivity index (χ0n) is 45.0. The summed E-state index contributed by atoms with van der Waals surface area (Å²) in [6, 6.07) is 0.0910. The van der Waals surface area contributed by atoms with Gasteiger partial charge in [0.2, 0.25) is 0 Å². The number of likely N-dealkylation sites (N-methyl/N-ethyl adjacent to an activating group) is 1. The predicted octanol–water partition coefficient (Wildman–Crippen LogP) is 9.09. The topological polar surface area (TPSA) is 73.8 Å². The Kier molecular flexibility index (Phi) is 4.84. The molecule has 84 heavy (non-hydrogen) atoms. The number of ether oxygens (including phenoxy) is 5. The summed E-state index contributed by atoms with van der Waals surface area (Å²) in [5.74, 6) is 0. The molecule has 388 valence electrons. The first-order valence-corrected chi connectivity index (χ1v) is 30.9. The summed E-state index contributed by atoms with van der Waals surface area (Å²) < 4.78 is 32.9. The number of rotatable bonds is 16. The van der Waals surface area contributed by atoms with E-state index >= 15 is 0 Å². The van der Waals surface area contributed by atoms with Gasteiger partial charge in [0, 0.05) is 7.11 Å². The van der Waals surface area contributed by atoms with E-state index in [9.17, 15) is 0 Å². The molecular weight excluding hydrogens is 1170 g/mol. The fraction of sp³-hybridized carbons (Fsp3) is 0.227. The van der Waals surface area contributed by atoms with Crippen LogP contribution in [0.5, 0.6) is 0 Å². The fourth-order valence-corrected chi connectivity index (χ4v) is 27.3. The molecule has 1 saturated heterocycles. The molecule has 1 aliphatic heterocycles. The van der Waals surface area contributed by atoms with Crippen molar-refractivity contribution in [2.24, 2.45) is 0 Å². The Morgan fingerprint density at radius 2 is 0.548 bits per heavy atom. The highest BCUT2D eigenvalue weighted by Crippen LogP contribution is 2.86. The van der Waals surface area contributed by atoms with Crippen LogP contribution in [-0.4, -0.2) is 104 Å². The molecule has 1 heterocycles. The van der Waals surface area contributed by atoms with Crippen molar-refractivity contribution < 1.29 is 70.3 Å². The zero-order valence-corrected chi connectivity index (χ0v) is 47.9. The van der Waals surface area contributed by atoms with Crippen molar-refractivity contribution in [2.75, 3.05) is 93.3 Å². The molecular formula is C75H34ClIN2O5. The van der Waals surface area contributed by atoms with Gasteiger partial charge in [-0.3, -0.25) is 0 Å². The van der Waals surface area contributed by atoms with E-state index < -0.39 is 5.41 Å². The van der Waals surface area contributed by atoms with Crippen LogP contribution in [0.2, 0.25) is 0 Å². The van der Waals surface area contributed by atoms with Crippen LogP contribution in [0.4, 0.5) is 0 Å². The van der Waals surface area contributed by atoms with Gasteiger partial charge in [-0.05, 0) is 313 Å². The van der Waals surface area contributed by atoms with E-state index in [2.05, 4.69) is 12.8 Å². The van der Waals surface area contributed by atoms with Gasteiger partial charge in [0.25, 0.3) is 0 Å². The Balaban J connectivity index is 0.00000206. The molecule has 28 aromatic carbocycles. The molecule has 0 amide bonds. The smallest absolute Gasteiger partial charge is 0.128 e. The third-order valence-corrected chi connectivity index (χ3v) is 27.9. The van der Waals surface area contributed by atoms with Crippen LogP contribution in [0.3, 0.4) is 0 Å². The quantitative estimate of drug-likeness (QED) is 0.0453. The van der Waals surface area contributed by atoms with E-state index in [-0.39, 0.29) is 47.8 Å². The van der Waals surface area contributed by atoms with Crippen molar-refractivity contribution >= 4 is 291 Å². The van der Waals surface area contributed by atoms with Gasteiger partial charge >= 0.3 is 0 Å². The molecule has 0 saturated carbocycles. The van der Waals surface area contributed by atoms with Crippen LogP contribution >= 0.6 is 0 Å². The van der Waals surface area contributed by atoms with E-state index in [1.54, 1.807) is 320 Å². The maximum Gasteiger partial charge on any atom is 0.128 e. The maximum absolute atomic E-state index is 7.46. The Bertz CT molecular complexity index is 7250. The van der Waals surface area contributed by atoms with E-state index in [0.29, 0.717) is 59.5 Å². The first kappa shape index (κ1) is 39.7. The zero-order chi connectivity index (χ0) is 50.6. The van der Waals surface area contributed by atoms with Gasteiger partial charge < -0.3 is 70.3 Å². The standard InChI is InChI=1S/C75H33N2O5.ClH.HI/c1-77(4-6-80-10-9-79-5-3-76)14-74-70-62-54-44-34-26-18-16-17-20-24-22(18)30-38-32(24)42-36-28(20)29-21(17)25-23-19(16)27(26)35-41-31(23)39-33(25)43-37(29)47-46(36)58-52(42)60-50(38)56(48(54)40(30)34)64(70)66(60)72-68(58)69-59(47)53(43)61-51(39)57-49(41)55(45(35)44)63(62)71(74)65(57)67(61)73(69)75(72,74)15(77)13-82-12-11-81-8-7-78-2;;/h15H,3-14,76H2,1-2H3;2*1H/q+1;;/p-1. The lowest BCUT2D eigenvalue weighted by Gasteiger charge is -2.49. The molecule has 5 aliphatic rings. The van der Waals surface area contributed by atoms with Crippen LogP contribution in [0.1, 0.15) is 22.3 Å². The van der Waals surface area contributed by atoms with E-state index in [1.165, 1.54) is 0 Å². The number of hydrogen-bond donors (Lipinski definition) is 1. The first-order valence-electron chi connectivity index (χ1n) is 30.9. The largest absolute Gasteiger partial charge is 1.00 e. The second-order valence-electron chi connectivity index (χ2n) is 29.1. The van der Waals surface area contributed by atoms with Gasteiger partial charge in [-0.15, -0.1) is 0 Å². The summed E-state index contributed by atoms with van der Waals surface area (Å²) in [6.45, 7) is 8.15. The summed E-state index contributed by atoms with van der Waals surface area (Å²) in [5.41, 5.74) is 10.2. The molecule has 28 aromatic rings. The fourth-order valence-electron chi connectivity index (χ4n) is 27.3. The van der Waals surface area contributed by atoms with E-state index in [1.807, 2.05) is 0 Å². The maximum atomic E-state index is 7.46. The minimum Gasteiger partial charge on any atom is -1.00 e. The van der Waals surface area contributed by atoms with Gasteiger partial charge in [-0.1, -0.05) is 0 Å². The summed E-state index contributed by atoms with van der Waals surface area (Å²) in [5, 5.41) is 88.7. The van der Waals surface area contributed by atoms with E-state index in [4.69, 9.17) is 23.7 Å². The third-order valence-electron chi connectivity index (χ3n) is 27.9. The van der Waals surface area contributed by atoms with Crippen molar-refractivity contribution in [1.82, 2.24) is 0 Å². The minimum atomic E-state index is -0.415. The summed E-state index contributed by atoms with van der Waals surface area (Å²) >= 11 is 0. The number of quaternary nitrogens is 2. The summed E-state index contributed by atoms with van der Waals surface area (Å²) in [4.78, 5) is 0.